The van der Waals surface area contributed by atoms with Crippen LogP contribution in [0.3, 0.4) is 0 Å². The molecule has 0 aromatic heterocycles. The van der Waals surface area contributed by atoms with E-state index >= 15 is 0 Å². The summed E-state index contributed by atoms with van der Waals surface area (Å²) in [5, 5.41) is 0. The van der Waals surface area contributed by atoms with Crippen LogP contribution in [0.25, 0.3) is 22.3 Å². The fourth-order valence-electron chi connectivity index (χ4n) is 10.2. The average Bonchev–Trinajstić information content (AvgIpc) is 3.56. The van der Waals surface area contributed by atoms with Crippen molar-refractivity contribution in [2.45, 2.75) is 57.8 Å². The van der Waals surface area contributed by atoms with Crippen molar-refractivity contribution < 1.29 is 4.74 Å². The minimum atomic E-state index is -0.233. The highest BCUT2D eigenvalue weighted by Crippen LogP contribution is 2.63. The highest BCUT2D eigenvalue weighted by atomic mass is 16.5. The first-order valence-corrected chi connectivity index (χ1v) is 19.2. The minimum absolute atomic E-state index is 0.140. The smallest absolute Gasteiger partial charge is 0.175 e. The molecule has 2 aliphatic carbocycles. The van der Waals surface area contributed by atoms with E-state index in [1.54, 1.807) is 0 Å². The maximum atomic E-state index is 7.17. The Kier molecular flexibility index (Phi) is 6.14. The van der Waals surface area contributed by atoms with E-state index in [-0.39, 0.29) is 16.2 Å². The second-order valence-electron chi connectivity index (χ2n) is 17.0. The third-order valence-electron chi connectivity index (χ3n) is 13.0. The van der Waals surface area contributed by atoms with Crippen LogP contribution < -0.4 is 14.5 Å². The van der Waals surface area contributed by atoms with Crippen LogP contribution in [0.5, 0.6) is 11.5 Å². The van der Waals surface area contributed by atoms with Crippen LogP contribution in [0.1, 0.15) is 74.9 Å². The van der Waals surface area contributed by atoms with Crippen LogP contribution in [-0.4, -0.2) is 0 Å². The van der Waals surface area contributed by atoms with E-state index < -0.39 is 0 Å². The molecule has 3 heteroatoms. The van der Waals surface area contributed by atoms with Crippen molar-refractivity contribution in [3.05, 3.63) is 179 Å². The molecule has 0 fully saturated rings. The summed E-state index contributed by atoms with van der Waals surface area (Å²) < 4.78 is 7.17. The lowest BCUT2D eigenvalue weighted by atomic mass is 9.73. The van der Waals surface area contributed by atoms with E-state index in [0.29, 0.717) is 0 Å². The zero-order valence-electron chi connectivity index (χ0n) is 31.7. The van der Waals surface area contributed by atoms with Crippen LogP contribution in [0.2, 0.25) is 0 Å². The number of hydrogen-bond acceptors (Lipinski definition) is 3. The number of anilines is 6. The third kappa shape index (κ3) is 3.97. The van der Waals surface area contributed by atoms with Gasteiger partial charge in [-0.3, -0.25) is 0 Å². The number of fused-ring (bicyclic) bond motifs is 10. The largest absolute Gasteiger partial charge is 0.451 e. The molecule has 0 N–H and O–H groups in total. The van der Waals surface area contributed by atoms with Gasteiger partial charge in [-0.05, 0) is 104 Å². The Morgan fingerprint density at radius 1 is 0.426 bits per heavy atom. The molecule has 0 saturated carbocycles. The minimum Gasteiger partial charge on any atom is -0.451 e. The molecule has 0 atom stereocenters. The van der Waals surface area contributed by atoms with Gasteiger partial charge in [0.05, 0.1) is 22.7 Å². The van der Waals surface area contributed by atoms with Crippen molar-refractivity contribution in [1.82, 2.24) is 0 Å². The zero-order chi connectivity index (χ0) is 36.7. The molecule has 11 rings (SSSR count). The molecular formula is C51H42N2O. The zero-order valence-corrected chi connectivity index (χ0v) is 31.7. The van der Waals surface area contributed by atoms with E-state index in [1.807, 2.05) is 0 Å². The predicted molar refractivity (Wildman–Crippen MR) is 223 cm³/mol. The van der Waals surface area contributed by atoms with Crippen LogP contribution in [-0.2, 0) is 16.2 Å². The normalized spacial score (nSPS) is 16.5. The molecule has 0 radical (unpaired) electrons. The molecule has 0 bridgehead atoms. The second kappa shape index (κ2) is 10.5. The van der Waals surface area contributed by atoms with Crippen LogP contribution in [0, 0.1) is 0 Å². The number of hydrogen-bond donors (Lipinski definition) is 0. The first kappa shape index (κ1) is 31.5. The summed E-state index contributed by atoms with van der Waals surface area (Å²) in [7, 11) is 0. The SMILES string of the molecule is CC1(C)c2ccccc2-c2ccc(N(c3ccc4c(c3)C(C)(C)c3ccccc3-4)c3ccc4c5c3Oc3ccccc3N5c3ccccc3C4(C)C)cc21. The van der Waals surface area contributed by atoms with Gasteiger partial charge in [0.15, 0.2) is 11.5 Å². The van der Waals surface area contributed by atoms with Crippen molar-refractivity contribution in [1.29, 1.82) is 0 Å². The summed E-state index contributed by atoms with van der Waals surface area (Å²) in [5.74, 6) is 1.73. The number of rotatable bonds is 3. The highest BCUT2D eigenvalue weighted by Gasteiger charge is 2.44. The lowest BCUT2D eigenvalue weighted by molar-refractivity contribution is 0.472. The van der Waals surface area contributed by atoms with Gasteiger partial charge in [0, 0.05) is 27.6 Å². The Labute approximate surface area is 318 Å². The summed E-state index contributed by atoms with van der Waals surface area (Å²) in [6, 6.07) is 53.9. The number of nitrogens with zero attached hydrogens (tertiary/aromatic N) is 2. The number of ether oxygens (including phenoxy) is 1. The van der Waals surface area contributed by atoms with Gasteiger partial charge in [-0.15, -0.1) is 0 Å². The summed E-state index contributed by atoms with van der Waals surface area (Å²) in [5.41, 5.74) is 19.4. The Bertz CT molecular complexity index is 2640. The van der Waals surface area contributed by atoms with Crippen LogP contribution in [0.15, 0.2) is 146 Å². The molecule has 0 amide bonds. The van der Waals surface area contributed by atoms with Gasteiger partial charge >= 0.3 is 0 Å². The Hall–Kier alpha value is -6.06. The monoisotopic (exact) mass is 698 g/mol. The fourth-order valence-corrected chi connectivity index (χ4v) is 10.2. The van der Waals surface area contributed by atoms with E-state index in [4.69, 9.17) is 4.74 Å². The topological polar surface area (TPSA) is 15.7 Å². The maximum absolute atomic E-state index is 7.17. The third-order valence-corrected chi connectivity index (χ3v) is 13.0. The van der Waals surface area contributed by atoms with Crippen molar-refractivity contribution in [3.63, 3.8) is 0 Å². The first-order chi connectivity index (χ1) is 26.1. The fraction of sp³-hybridized carbons (Fsp3) is 0.176. The predicted octanol–water partition coefficient (Wildman–Crippen LogP) is 14.0. The van der Waals surface area contributed by atoms with E-state index in [9.17, 15) is 0 Å². The maximum Gasteiger partial charge on any atom is 0.175 e. The lowest BCUT2D eigenvalue weighted by Crippen LogP contribution is -2.32. The van der Waals surface area contributed by atoms with Crippen molar-refractivity contribution in [3.8, 4) is 33.8 Å². The first-order valence-electron chi connectivity index (χ1n) is 19.2. The van der Waals surface area contributed by atoms with Gasteiger partial charge in [-0.1, -0.05) is 139 Å². The standard InChI is InChI=1S/C51H42N2O/c1-49(2)37-17-9-7-15-33(37)35-25-23-31(29-41(35)49)52(32-24-26-36-34-16-8-10-18-38(34)50(3,4)42(36)30-32)45-28-27-40-47-48(45)54-46-22-14-13-21-44(46)53(47)43-20-12-11-19-39(43)51(40,5)6/h7-30H,1-6H3. The number of benzene rings is 7. The molecule has 4 aliphatic rings. The molecule has 2 heterocycles. The van der Waals surface area contributed by atoms with Gasteiger partial charge in [0.1, 0.15) is 0 Å². The van der Waals surface area contributed by atoms with Gasteiger partial charge in [0.25, 0.3) is 0 Å². The molecule has 54 heavy (non-hydrogen) atoms. The molecule has 7 aromatic rings. The van der Waals surface area contributed by atoms with Gasteiger partial charge < -0.3 is 14.5 Å². The van der Waals surface area contributed by atoms with Crippen LogP contribution in [0.4, 0.5) is 34.1 Å². The van der Waals surface area contributed by atoms with Crippen molar-refractivity contribution in [2.24, 2.45) is 0 Å². The molecular weight excluding hydrogens is 657 g/mol. The Morgan fingerprint density at radius 2 is 0.907 bits per heavy atom. The van der Waals surface area contributed by atoms with E-state index in [0.717, 1.165) is 39.9 Å². The van der Waals surface area contributed by atoms with E-state index in [1.165, 1.54) is 61.3 Å². The summed E-state index contributed by atoms with van der Waals surface area (Å²) in [4.78, 5) is 4.89. The highest BCUT2D eigenvalue weighted by molar-refractivity contribution is 5.99. The molecule has 7 aromatic carbocycles. The van der Waals surface area contributed by atoms with Gasteiger partial charge in [0.2, 0.25) is 0 Å². The Morgan fingerprint density at radius 3 is 1.52 bits per heavy atom. The lowest BCUT2D eigenvalue weighted by Gasteiger charge is -2.46. The molecule has 0 spiro atoms. The van der Waals surface area contributed by atoms with Crippen LogP contribution >= 0.6 is 0 Å². The molecule has 3 nitrogen and oxygen atoms in total. The second-order valence-corrected chi connectivity index (χ2v) is 17.0. The molecule has 2 aliphatic heterocycles. The summed E-state index contributed by atoms with van der Waals surface area (Å²) in [6.07, 6.45) is 0. The molecule has 0 unspecified atom stereocenters. The van der Waals surface area contributed by atoms with Crippen molar-refractivity contribution >= 4 is 34.1 Å². The molecule has 0 saturated heterocycles. The van der Waals surface area contributed by atoms with Crippen molar-refractivity contribution in [2.75, 3.05) is 9.80 Å². The quantitative estimate of drug-likeness (QED) is 0.183. The summed E-state index contributed by atoms with van der Waals surface area (Å²) >= 11 is 0. The number of para-hydroxylation sites is 3. The summed E-state index contributed by atoms with van der Waals surface area (Å²) in [6.45, 7) is 14.1. The Balaban J connectivity index is 1.19. The molecule has 262 valence electrons. The van der Waals surface area contributed by atoms with Gasteiger partial charge in [-0.2, -0.15) is 0 Å². The average molecular weight is 699 g/mol. The van der Waals surface area contributed by atoms with E-state index in [2.05, 4.69) is 197 Å². The van der Waals surface area contributed by atoms with Gasteiger partial charge in [-0.25, -0.2) is 0 Å².